The first-order valence-corrected chi connectivity index (χ1v) is 10.4. The molecule has 0 spiro atoms. The molecule has 0 bridgehead atoms. The summed E-state index contributed by atoms with van der Waals surface area (Å²) in [5, 5.41) is 0.865. The number of carbonyl (C=O) groups is 1. The van der Waals surface area contributed by atoms with Gasteiger partial charge in [-0.3, -0.25) is 14.5 Å². The van der Waals surface area contributed by atoms with Gasteiger partial charge in [-0.2, -0.15) is 0 Å². The number of nitrogens with zero attached hydrogens (tertiary/aromatic N) is 2. The molecule has 1 heterocycles. The van der Waals surface area contributed by atoms with Crippen LogP contribution in [0.25, 0.3) is 0 Å². The van der Waals surface area contributed by atoms with Crippen LogP contribution >= 0.6 is 23.2 Å². The number of amides is 1. The number of benzene rings is 2. The quantitative estimate of drug-likeness (QED) is 0.798. The Balaban J connectivity index is 1.63. The highest BCUT2D eigenvalue weighted by atomic mass is 35.5. The van der Waals surface area contributed by atoms with Crippen LogP contribution in [0.2, 0.25) is 10.0 Å². The minimum atomic E-state index is -3.57. The van der Waals surface area contributed by atoms with Gasteiger partial charge in [-0.15, -0.1) is 0 Å². The van der Waals surface area contributed by atoms with E-state index in [-0.39, 0.29) is 29.6 Å². The van der Waals surface area contributed by atoms with E-state index in [0.717, 1.165) is 5.56 Å². The van der Waals surface area contributed by atoms with E-state index in [2.05, 4.69) is 9.71 Å². The molecule has 0 atom stereocenters. The zero-order chi connectivity index (χ0) is 19.6. The maximum absolute atomic E-state index is 12.3. The summed E-state index contributed by atoms with van der Waals surface area (Å²) in [6.45, 7) is 0.489. The molecular weight excluding hydrogens is 409 g/mol. The molecule has 0 aliphatic carbocycles. The molecule has 1 amide bonds. The molecule has 0 saturated heterocycles. The number of aliphatic imine (C=N–C) groups is 1. The lowest BCUT2D eigenvalue weighted by atomic mass is 10.2. The van der Waals surface area contributed by atoms with Crippen molar-refractivity contribution in [2.75, 3.05) is 13.6 Å². The zero-order valence-corrected chi connectivity index (χ0v) is 16.8. The van der Waals surface area contributed by atoms with E-state index >= 15 is 0 Å². The summed E-state index contributed by atoms with van der Waals surface area (Å²) in [5.41, 5.74) is 1.27. The number of sulfonamides is 1. The monoisotopic (exact) mass is 425 g/mol. The fraction of sp³-hybridized carbons (Fsp3) is 0.222. The minimum Gasteiger partial charge on any atom is -0.341 e. The first kappa shape index (κ1) is 19.7. The second-order valence-electron chi connectivity index (χ2n) is 6.04. The fourth-order valence-corrected chi connectivity index (χ4v) is 4.35. The normalized spacial score (nSPS) is 16.0. The second-order valence-corrected chi connectivity index (χ2v) is 8.48. The number of carbonyl (C=O) groups excluding carboxylic acids is 1. The van der Waals surface area contributed by atoms with Crippen LogP contribution in [0.3, 0.4) is 0 Å². The zero-order valence-electron chi connectivity index (χ0n) is 14.4. The van der Waals surface area contributed by atoms with E-state index in [9.17, 15) is 13.2 Å². The molecule has 0 saturated carbocycles. The summed E-state index contributed by atoms with van der Waals surface area (Å²) >= 11 is 12.1. The number of fused-ring (bicyclic) bond motifs is 1. The first-order chi connectivity index (χ1) is 12.8. The van der Waals surface area contributed by atoms with Crippen LogP contribution in [0.5, 0.6) is 0 Å². The van der Waals surface area contributed by atoms with Gasteiger partial charge in [-0.1, -0.05) is 47.5 Å². The standard InChI is InChI=1S/C18H17Cl2N3O3S/c1-23(11-12-5-4-7-14(19)17(12)20)16(24)9-10-21-18-13-6-2-3-8-15(13)27(25,26)22-18/h2-8H,9-11H2,1H3,(H,21,22). The largest absolute Gasteiger partial charge is 0.341 e. The highest BCUT2D eigenvalue weighted by Crippen LogP contribution is 2.26. The molecule has 2 aromatic rings. The van der Waals surface area contributed by atoms with Crippen molar-refractivity contribution in [2.24, 2.45) is 4.99 Å². The van der Waals surface area contributed by atoms with Gasteiger partial charge in [0.15, 0.2) is 0 Å². The number of rotatable bonds is 5. The third-order valence-electron chi connectivity index (χ3n) is 4.12. The van der Waals surface area contributed by atoms with Crippen LogP contribution in [-0.2, 0) is 21.4 Å². The van der Waals surface area contributed by atoms with Gasteiger partial charge in [0.25, 0.3) is 10.0 Å². The molecule has 27 heavy (non-hydrogen) atoms. The molecule has 1 N–H and O–H groups in total. The van der Waals surface area contributed by atoms with Gasteiger partial charge >= 0.3 is 0 Å². The Morgan fingerprint density at radius 1 is 1.15 bits per heavy atom. The molecule has 9 heteroatoms. The fourth-order valence-electron chi connectivity index (χ4n) is 2.72. The van der Waals surface area contributed by atoms with Crippen molar-refractivity contribution in [3.05, 3.63) is 63.6 Å². The highest BCUT2D eigenvalue weighted by molar-refractivity contribution is 7.90. The summed E-state index contributed by atoms with van der Waals surface area (Å²) in [6, 6.07) is 11.9. The molecule has 0 fully saturated rings. The minimum absolute atomic E-state index is 0.135. The number of nitrogens with one attached hydrogen (secondary N) is 1. The summed E-state index contributed by atoms with van der Waals surface area (Å²) in [5.74, 6) is 0.128. The Kier molecular flexibility index (Phi) is 5.74. The Labute approximate surface area is 167 Å². The Morgan fingerprint density at radius 3 is 2.67 bits per heavy atom. The van der Waals surface area contributed by atoms with Crippen LogP contribution in [0.4, 0.5) is 0 Å². The predicted molar refractivity (Wildman–Crippen MR) is 106 cm³/mol. The van der Waals surface area contributed by atoms with Crippen LogP contribution in [-0.4, -0.2) is 38.7 Å². The van der Waals surface area contributed by atoms with Crippen molar-refractivity contribution < 1.29 is 13.2 Å². The number of hydrogen-bond acceptors (Lipinski definition) is 4. The first-order valence-electron chi connectivity index (χ1n) is 8.13. The molecule has 0 aromatic heterocycles. The predicted octanol–water partition coefficient (Wildman–Crippen LogP) is 3.08. The summed E-state index contributed by atoms with van der Waals surface area (Å²) < 4.78 is 26.5. The van der Waals surface area contributed by atoms with E-state index in [1.165, 1.54) is 11.0 Å². The number of halogens is 2. The third kappa shape index (κ3) is 4.26. The van der Waals surface area contributed by atoms with Gasteiger partial charge in [-0.05, 0) is 23.8 Å². The second kappa shape index (κ2) is 7.88. The van der Waals surface area contributed by atoms with Crippen LogP contribution < -0.4 is 4.72 Å². The molecule has 2 aromatic carbocycles. The maximum atomic E-state index is 12.3. The summed E-state index contributed by atoms with van der Waals surface area (Å²) in [4.78, 5) is 18.3. The molecule has 0 radical (unpaired) electrons. The molecule has 6 nitrogen and oxygen atoms in total. The SMILES string of the molecule is CN(Cc1cccc(Cl)c1Cl)C(=O)CCN=C1NS(=O)(=O)c2ccccc21. The van der Waals surface area contributed by atoms with E-state index in [0.29, 0.717) is 22.2 Å². The van der Waals surface area contributed by atoms with Crippen molar-refractivity contribution in [2.45, 2.75) is 17.9 Å². The van der Waals surface area contributed by atoms with E-state index in [1.807, 2.05) is 6.07 Å². The van der Waals surface area contributed by atoms with Crippen molar-refractivity contribution in [3.63, 3.8) is 0 Å². The topological polar surface area (TPSA) is 78.8 Å². The Hall–Kier alpha value is -2.09. The lowest BCUT2D eigenvalue weighted by molar-refractivity contribution is -0.130. The maximum Gasteiger partial charge on any atom is 0.263 e. The highest BCUT2D eigenvalue weighted by Gasteiger charge is 2.30. The third-order valence-corrected chi connectivity index (χ3v) is 6.38. The van der Waals surface area contributed by atoms with Gasteiger partial charge < -0.3 is 4.90 Å². The van der Waals surface area contributed by atoms with Gasteiger partial charge in [0.2, 0.25) is 5.91 Å². The smallest absolute Gasteiger partial charge is 0.263 e. The van der Waals surface area contributed by atoms with Crippen LogP contribution in [0, 0.1) is 0 Å². The molecular formula is C18H17Cl2N3O3S. The van der Waals surface area contributed by atoms with E-state index < -0.39 is 10.0 Å². The Bertz CT molecular complexity index is 1020. The average molecular weight is 426 g/mol. The van der Waals surface area contributed by atoms with Gasteiger partial charge in [0.1, 0.15) is 5.84 Å². The van der Waals surface area contributed by atoms with Crippen molar-refractivity contribution in [1.82, 2.24) is 9.62 Å². The molecule has 142 valence electrons. The molecule has 3 rings (SSSR count). The summed E-state index contributed by atoms with van der Waals surface area (Å²) in [6.07, 6.45) is 0.141. The lowest BCUT2D eigenvalue weighted by Crippen LogP contribution is -2.27. The van der Waals surface area contributed by atoms with Gasteiger partial charge in [0.05, 0.1) is 21.5 Å². The average Bonchev–Trinajstić information content (AvgIpc) is 2.90. The summed E-state index contributed by atoms with van der Waals surface area (Å²) in [7, 11) is -1.91. The van der Waals surface area contributed by atoms with Crippen molar-refractivity contribution >= 4 is 45.0 Å². The number of hydrogen-bond donors (Lipinski definition) is 1. The molecule has 0 unspecified atom stereocenters. The van der Waals surface area contributed by atoms with Gasteiger partial charge in [0, 0.05) is 25.6 Å². The lowest BCUT2D eigenvalue weighted by Gasteiger charge is -2.18. The van der Waals surface area contributed by atoms with Gasteiger partial charge in [-0.25, -0.2) is 8.42 Å². The van der Waals surface area contributed by atoms with Crippen molar-refractivity contribution in [3.8, 4) is 0 Å². The van der Waals surface area contributed by atoms with Crippen molar-refractivity contribution in [1.29, 1.82) is 0 Å². The van der Waals surface area contributed by atoms with Crippen LogP contribution in [0.1, 0.15) is 17.5 Å². The van der Waals surface area contributed by atoms with Crippen LogP contribution in [0.15, 0.2) is 52.4 Å². The number of amidine groups is 1. The van der Waals surface area contributed by atoms with E-state index in [4.69, 9.17) is 23.2 Å². The molecule has 1 aliphatic rings. The van der Waals surface area contributed by atoms with E-state index in [1.54, 1.807) is 37.4 Å². The molecule has 1 aliphatic heterocycles. The Morgan fingerprint density at radius 2 is 1.89 bits per heavy atom.